The fourth-order valence-corrected chi connectivity index (χ4v) is 5.81. The largest absolute Gasteiger partial charge is 0.573 e. The lowest BCUT2D eigenvalue weighted by molar-refractivity contribution is -0.274. The molecule has 0 unspecified atom stereocenters. The molecule has 0 bridgehead atoms. The van der Waals surface area contributed by atoms with Gasteiger partial charge in [-0.25, -0.2) is 14.5 Å². The summed E-state index contributed by atoms with van der Waals surface area (Å²) in [4.78, 5) is 23.5. The Hall–Kier alpha value is -4.32. The third kappa shape index (κ3) is 8.40. The van der Waals surface area contributed by atoms with Gasteiger partial charge in [-0.15, -0.1) is 18.3 Å². The van der Waals surface area contributed by atoms with Crippen LogP contribution >= 0.6 is 11.8 Å². The quantitative estimate of drug-likeness (QED) is 0.185. The number of carbonyl (C=O) groups is 1. The maximum atomic E-state index is 12.6. The normalized spacial score (nSPS) is 14.5. The second kappa shape index (κ2) is 14.4. The number of para-hydroxylation sites is 1. The Morgan fingerprint density at radius 3 is 2.57 bits per heavy atom. The van der Waals surface area contributed by atoms with Crippen LogP contribution in [0.2, 0.25) is 0 Å². The number of carbonyl (C=O) groups excluding carboxylic acids is 1. The number of unbranched alkanes of at least 4 members (excludes halogenated alkanes) is 1. The van der Waals surface area contributed by atoms with E-state index in [1.54, 1.807) is 11.8 Å². The molecule has 1 fully saturated rings. The predicted octanol–water partition coefficient (Wildman–Crippen LogP) is 7.43. The Bertz CT molecular complexity index is 1570. The van der Waals surface area contributed by atoms with Crippen LogP contribution in [-0.2, 0) is 12.8 Å². The molecule has 1 saturated heterocycles. The number of urea groups is 1. The highest BCUT2D eigenvalue weighted by atomic mass is 32.2. The van der Waals surface area contributed by atoms with Crippen LogP contribution in [0.15, 0.2) is 84.1 Å². The molecule has 230 valence electrons. The lowest BCUT2D eigenvalue weighted by atomic mass is 10.1. The van der Waals surface area contributed by atoms with Gasteiger partial charge in [-0.3, -0.25) is 0 Å². The summed E-state index contributed by atoms with van der Waals surface area (Å²) in [6.45, 7) is 3.54. The number of ether oxygens (including phenoxy) is 1. The van der Waals surface area contributed by atoms with E-state index in [1.807, 2.05) is 36.4 Å². The summed E-state index contributed by atoms with van der Waals surface area (Å²) in [5, 5.41) is 8.13. The van der Waals surface area contributed by atoms with Crippen LogP contribution < -0.4 is 15.0 Å². The van der Waals surface area contributed by atoms with Crippen molar-refractivity contribution in [3.05, 3.63) is 90.3 Å². The number of alkyl halides is 3. The topological polar surface area (TPSA) is 84.6 Å². The molecule has 8 nitrogen and oxygen atoms in total. The van der Waals surface area contributed by atoms with Crippen LogP contribution in [-0.4, -0.2) is 51.2 Å². The highest BCUT2D eigenvalue weighted by Gasteiger charge is 2.31. The van der Waals surface area contributed by atoms with Crippen molar-refractivity contribution in [3.8, 4) is 22.8 Å². The van der Waals surface area contributed by atoms with Crippen molar-refractivity contribution in [1.29, 1.82) is 0 Å². The molecule has 1 aliphatic rings. The van der Waals surface area contributed by atoms with Gasteiger partial charge in [-0.1, -0.05) is 61.2 Å². The third-order valence-corrected chi connectivity index (χ3v) is 8.12. The molecule has 2 amide bonds. The number of halogens is 3. The number of benzene rings is 3. The van der Waals surface area contributed by atoms with Crippen molar-refractivity contribution in [1.82, 2.24) is 20.1 Å². The fourth-order valence-electron chi connectivity index (χ4n) is 4.87. The van der Waals surface area contributed by atoms with Gasteiger partial charge in [0, 0.05) is 30.1 Å². The smallest absolute Gasteiger partial charge is 0.406 e. The van der Waals surface area contributed by atoms with Crippen LogP contribution in [0.4, 0.5) is 23.7 Å². The van der Waals surface area contributed by atoms with Gasteiger partial charge < -0.3 is 15.0 Å². The molecule has 5 rings (SSSR count). The molecule has 0 radical (unpaired) electrons. The molecule has 44 heavy (non-hydrogen) atoms. The standard InChI is InChI=1S/C32H33F3N6O2S/c1-2-24-9-3-4-10-28(24)40-20-7-21-44-31(40)38-30(42)36-19-6-5-8-23-11-13-25(14-12-23)29-37-22-41(39-29)26-15-17-27(18-16-26)43-32(33,34)35/h3-4,9-18,22H,2,5-8,19-21H2,1H3,(H,36,42). The van der Waals surface area contributed by atoms with E-state index in [4.69, 9.17) is 0 Å². The first kappa shape index (κ1) is 31.1. The fraction of sp³-hybridized carbons (Fsp3) is 0.312. The molecule has 4 aromatic rings. The number of hydrogen-bond donors (Lipinski definition) is 1. The van der Waals surface area contributed by atoms with E-state index in [0.29, 0.717) is 18.1 Å². The van der Waals surface area contributed by atoms with Crippen molar-refractivity contribution in [2.45, 2.75) is 45.4 Å². The number of hydrogen-bond acceptors (Lipinski definition) is 5. The highest BCUT2D eigenvalue weighted by molar-refractivity contribution is 8.14. The number of nitrogens with one attached hydrogen (secondary N) is 1. The van der Waals surface area contributed by atoms with Crippen molar-refractivity contribution in [2.75, 3.05) is 23.7 Å². The van der Waals surface area contributed by atoms with E-state index in [-0.39, 0.29) is 11.8 Å². The van der Waals surface area contributed by atoms with Crippen molar-refractivity contribution in [2.24, 2.45) is 4.99 Å². The average Bonchev–Trinajstić information content (AvgIpc) is 3.51. The second-order valence-electron chi connectivity index (χ2n) is 10.2. The number of anilines is 1. The van der Waals surface area contributed by atoms with Gasteiger partial charge in [0.25, 0.3) is 0 Å². The van der Waals surface area contributed by atoms with Crippen molar-refractivity contribution in [3.63, 3.8) is 0 Å². The minimum Gasteiger partial charge on any atom is -0.406 e. The Morgan fingerprint density at radius 1 is 1.05 bits per heavy atom. The summed E-state index contributed by atoms with van der Waals surface area (Å²) < 4.78 is 42.6. The SMILES string of the molecule is CCc1ccccc1N1CCCSC1=NC(=O)NCCCCc1ccc(-c2ncn(-c3ccc(OC(F)(F)F)cc3)n2)cc1. The Morgan fingerprint density at radius 2 is 1.82 bits per heavy atom. The summed E-state index contributed by atoms with van der Waals surface area (Å²) >= 11 is 1.62. The average molecular weight is 623 g/mol. The van der Waals surface area contributed by atoms with Gasteiger partial charge in [0.1, 0.15) is 12.1 Å². The molecule has 3 aromatic carbocycles. The van der Waals surface area contributed by atoms with E-state index in [9.17, 15) is 18.0 Å². The highest BCUT2D eigenvalue weighted by Crippen LogP contribution is 2.28. The number of aromatic nitrogens is 3. The molecular formula is C32H33F3N6O2S. The molecule has 0 spiro atoms. The number of thioether (sulfide) groups is 1. The molecule has 0 saturated carbocycles. The predicted molar refractivity (Wildman–Crippen MR) is 167 cm³/mol. The Balaban J connectivity index is 1.08. The lowest BCUT2D eigenvalue weighted by Gasteiger charge is -2.31. The zero-order chi connectivity index (χ0) is 30.9. The minimum absolute atomic E-state index is 0.298. The van der Waals surface area contributed by atoms with Crippen LogP contribution in [0.5, 0.6) is 5.75 Å². The Kier molecular flexibility index (Phi) is 10.2. The first-order valence-electron chi connectivity index (χ1n) is 14.5. The van der Waals surface area contributed by atoms with Gasteiger partial charge >= 0.3 is 12.4 Å². The first-order chi connectivity index (χ1) is 21.3. The summed E-state index contributed by atoms with van der Waals surface area (Å²) in [5.74, 6) is 1.16. The van der Waals surface area contributed by atoms with Gasteiger partial charge in [0.05, 0.1) is 5.69 Å². The molecule has 1 aromatic heterocycles. The molecule has 12 heteroatoms. The maximum absolute atomic E-state index is 12.6. The summed E-state index contributed by atoms with van der Waals surface area (Å²) in [7, 11) is 0. The Labute approximate surface area is 258 Å². The number of nitrogens with zero attached hydrogens (tertiary/aromatic N) is 5. The number of amidine groups is 1. The van der Waals surface area contributed by atoms with Crippen LogP contribution in [0.1, 0.15) is 37.3 Å². The van der Waals surface area contributed by atoms with Crippen LogP contribution in [0.25, 0.3) is 17.1 Å². The van der Waals surface area contributed by atoms with Gasteiger partial charge in [-0.05, 0) is 73.6 Å². The first-order valence-corrected chi connectivity index (χ1v) is 15.5. The van der Waals surface area contributed by atoms with E-state index in [0.717, 1.165) is 66.4 Å². The van der Waals surface area contributed by atoms with E-state index < -0.39 is 6.36 Å². The molecule has 0 aliphatic carbocycles. The number of aryl methyl sites for hydroxylation is 2. The van der Waals surface area contributed by atoms with E-state index >= 15 is 0 Å². The van der Waals surface area contributed by atoms with Gasteiger partial charge in [-0.2, -0.15) is 4.99 Å². The summed E-state index contributed by atoms with van der Waals surface area (Å²) in [6, 6.07) is 21.3. The lowest BCUT2D eigenvalue weighted by Crippen LogP contribution is -2.36. The molecule has 1 N–H and O–H groups in total. The molecule has 2 heterocycles. The van der Waals surface area contributed by atoms with Crippen molar-refractivity contribution < 1.29 is 22.7 Å². The van der Waals surface area contributed by atoms with E-state index in [2.05, 4.69) is 49.1 Å². The van der Waals surface area contributed by atoms with Crippen LogP contribution in [0, 0.1) is 0 Å². The maximum Gasteiger partial charge on any atom is 0.573 e. The third-order valence-electron chi connectivity index (χ3n) is 7.06. The van der Waals surface area contributed by atoms with Gasteiger partial charge in [0.15, 0.2) is 11.0 Å². The number of rotatable bonds is 10. The molecule has 1 aliphatic heterocycles. The zero-order valence-corrected chi connectivity index (χ0v) is 25.1. The van der Waals surface area contributed by atoms with Crippen LogP contribution in [0.3, 0.4) is 0 Å². The second-order valence-corrected chi connectivity index (χ2v) is 11.2. The molecular weight excluding hydrogens is 589 g/mol. The summed E-state index contributed by atoms with van der Waals surface area (Å²) in [5.41, 5.74) is 4.91. The van der Waals surface area contributed by atoms with E-state index in [1.165, 1.54) is 40.8 Å². The summed E-state index contributed by atoms with van der Waals surface area (Å²) in [6.07, 6.45) is 1.33. The number of aliphatic imine (C=N–C) groups is 1. The monoisotopic (exact) mass is 622 g/mol. The zero-order valence-electron chi connectivity index (χ0n) is 24.3. The van der Waals surface area contributed by atoms with Crippen molar-refractivity contribution >= 4 is 28.6 Å². The minimum atomic E-state index is -4.74. The number of amides is 2. The van der Waals surface area contributed by atoms with Gasteiger partial charge in [0.2, 0.25) is 0 Å². The molecule has 0 atom stereocenters.